The number of ether oxygens (including phenoxy) is 1. The number of fused-ring (bicyclic) bond motifs is 9. The zero-order valence-corrected chi connectivity index (χ0v) is 23.2. The Morgan fingerprint density at radius 1 is 0.442 bits per heavy atom. The first-order valence-corrected chi connectivity index (χ1v) is 14.8. The molecule has 1 unspecified atom stereocenters. The molecule has 0 saturated carbocycles. The number of para-hydroxylation sites is 1. The summed E-state index contributed by atoms with van der Waals surface area (Å²) in [5.74, 6) is 1.82. The van der Waals surface area contributed by atoms with Crippen LogP contribution in [-0.2, 0) is 5.41 Å². The van der Waals surface area contributed by atoms with E-state index in [-0.39, 0.29) is 0 Å². The fourth-order valence-corrected chi connectivity index (χ4v) is 7.69. The predicted octanol–water partition coefficient (Wildman–Crippen LogP) is 10.9. The van der Waals surface area contributed by atoms with E-state index >= 15 is 0 Å². The molecule has 2 nitrogen and oxygen atoms in total. The van der Waals surface area contributed by atoms with E-state index in [9.17, 15) is 0 Å². The van der Waals surface area contributed by atoms with Crippen LogP contribution in [0.25, 0.3) is 55.0 Å². The van der Waals surface area contributed by atoms with Crippen LogP contribution >= 0.6 is 0 Å². The highest BCUT2D eigenvalue weighted by Gasteiger charge is 2.51. The van der Waals surface area contributed by atoms with Gasteiger partial charge < -0.3 is 9.15 Å². The third-order valence-corrected chi connectivity index (χ3v) is 9.49. The molecule has 0 spiro atoms. The second-order valence-corrected chi connectivity index (χ2v) is 11.7. The Bertz CT molecular complexity index is 2430. The molecule has 1 aromatic heterocycles. The lowest BCUT2D eigenvalue weighted by Crippen LogP contribution is -2.31. The summed E-state index contributed by atoms with van der Waals surface area (Å²) in [5, 5.41) is 4.66. The van der Waals surface area contributed by atoms with Gasteiger partial charge in [0.05, 0.1) is 5.41 Å². The molecule has 1 atom stereocenters. The lowest BCUT2D eigenvalue weighted by molar-refractivity contribution is 0.438. The highest BCUT2D eigenvalue weighted by atomic mass is 16.5. The lowest BCUT2D eigenvalue weighted by Gasteiger charge is -2.39. The molecule has 0 saturated heterocycles. The van der Waals surface area contributed by atoms with E-state index in [2.05, 4.69) is 146 Å². The topological polar surface area (TPSA) is 22.4 Å². The summed E-state index contributed by atoms with van der Waals surface area (Å²) in [6.07, 6.45) is 0. The molecule has 0 fully saturated rings. The van der Waals surface area contributed by atoms with E-state index in [1.54, 1.807) is 0 Å². The third kappa shape index (κ3) is 2.97. The van der Waals surface area contributed by atoms with Gasteiger partial charge >= 0.3 is 0 Å². The molecule has 0 bridgehead atoms. The van der Waals surface area contributed by atoms with Crippen molar-refractivity contribution in [1.82, 2.24) is 0 Å². The summed E-state index contributed by atoms with van der Waals surface area (Å²) in [5.41, 5.74) is 11.1. The quantitative estimate of drug-likeness (QED) is 0.214. The molecule has 0 radical (unpaired) electrons. The van der Waals surface area contributed by atoms with Crippen molar-refractivity contribution in [1.29, 1.82) is 0 Å². The fraction of sp³-hybridized carbons (Fsp3) is 0.0244. The van der Waals surface area contributed by atoms with E-state index in [0.29, 0.717) is 0 Å². The van der Waals surface area contributed by atoms with Crippen molar-refractivity contribution in [3.63, 3.8) is 0 Å². The van der Waals surface area contributed by atoms with Gasteiger partial charge in [-0.15, -0.1) is 0 Å². The van der Waals surface area contributed by atoms with Crippen LogP contribution in [0.2, 0.25) is 0 Å². The predicted molar refractivity (Wildman–Crippen MR) is 174 cm³/mol. The van der Waals surface area contributed by atoms with Crippen LogP contribution in [0.3, 0.4) is 0 Å². The van der Waals surface area contributed by atoms with Gasteiger partial charge in [-0.25, -0.2) is 0 Å². The Kier molecular flexibility index (Phi) is 4.41. The zero-order valence-electron chi connectivity index (χ0n) is 23.2. The van der Waals surface area contributed by atoms with Gasteiger partial charge in [0, 0.05) is 21.9 Å². The van der Waals surface area contributed by atoms with Crippen LogP contribution in [0.1, 0.15) is 22.3 Å². The van der Waals surface area contributed by atoms with Gasteiger partial charge in [0.25, 0.3) is 0 Å². The number of hydrogen-bond acceptors (Lipinski definition) is 2. The zero-order chi connectivity index (χ0) is 28.1. The standard InChI is InChI=1S/C41H24O2/c1-2-12-29(13-3-1)41-34-15-7-6-14-30(34)33-22-28(24-39(40(33)41)43-37-17-9-8-16-35(37)41)27-18-19-36-31(21-27)32-20-25-10-4-5-11-26(25)23-38(32)42-36/h1-24H. The second kappa shape index (κ2) is 8.24. The Labute approximate surface area is 248 Å². The smallest absolute Gasteiger partial charge is 0.136 e. The first-order valence-electron chi connectivity index (χ1n) is 14.8. The maximum absolute atomic E-state index is 6.78. The molecule has 1 aliphatic heterocycles. The largest absolute Gasteiger partial charge is 0.457 e. The van der Waals surface area contributed by atoms with Gasteiger partial charge in [0.1, 0.15) is 22.7 Å². The van der Waals surface area contributed by atoms with Crippen molar-refractivity contribution in [3.05, 3.63) is 168 Å². The van der Waals surface area contributed by atoms with Gasteiger partial charge in [-0.2, -0.15) is 0 Å². The average molecular weight is 549 g/mol. The molecule has 8 aromatic rings. The number of furan rings is 1. The summed E-state index contributed by atoms with van der Waals surface area (Å²) >= 11 is 0. The SMILES string of the molecule is c1ccc(C23c4ccccc4Oc4cc(-c5ccc6oc7cc8ccccc8cc7c6c5)cc(c42)-c2ccccc23)cc1. The van der Waals surface area contributed by atoms with Crippen LogP contribution in [0.4, 0.5) is 0 Å². The Hall–Kier alpha value is -5.60. The van der Waals surface area contributed by atoms with Crippen LogP contribution in [0.15, 0.2) is 150 Å². The molecule has 7 aromatic carbocycles. The molecule has 1 aliphatic carbocycles. The van der Waals surface area contributed by atoms with E-state index in [1.807, 2.05) is 0 Å². The minimum absolute atomic E-state index is 0.443. The Morgan fingerprint density at radius 2 is 1.16 bits per heavy atom. The molecule has 0 amide bonds. The molecular formula is C41H24O2. The van der Waals surface area contributed by atoms with E-state index < -0.39 is 5.41 Å². The number of benzene rings is 7. The number of rotatable bonds is 2. The summed E-state index contributed by atoms with van der Waals surface area (Å²) in [4.78, 5) is 0. The lowest BCUT2D eigenvalue weighted by atomic mass is 9.66. The van der Waals surface area contributed by atoms with E-state index in [0.717, 1.165) is 44.6 Å². The summed E-state index contributed by atoms with van der Waals surface area (Å²) in [7, 11) is 0. The maximum Gasteiger partial charge on any atom is 0.136 e. The van der Waals surface area contributed by atoms with Crippen molar-refractivity contribution in [2.24, 2.45) is 0 Å². The first-order chi connectivity index (χ1) is 21.3. The van der Waals surface area contributed by atoms with E-state index in [1.165, 1.54) is 44.2 Å². The number of hydrogen-bond donors (Lipinski definition) is 0. The molecule has 10 rings (SSSR count). The van der Waals surface area contributed by atoms with Crippen LogP contribution in [0, 0.1) is 0 Å². The third-order valence-electron chi connectivity index (χ3n) is 9.49. The molecular weight excluding hydrogens is 524 g/mol. The molecule has 0 N–H and O–H groups in total. The normalized spacial score (nSPS) is 16.2. The highest BCUT2D eigenvalue weighted by molar-refractivity contribution is 6.11. The molecule has 2 heteroatoms. The van der Waals surface area contributed by atoms with Crippen LogP contribution < -0.4 is 4.74 Å². The second-order valence-electron chi connectivity index (χ2n) is 11.7. The van der Waals surface area contributed by atoms with Crippen molar-refractivity contribution in [2.75, 3.05) is 0 Å². The van der Waals surface area contributed by atoms with Crippen molar-refractivity contribution < 1.29 is 9.15 Å². The van der Waals surface area contributed by atoms with Gasteiger partial charge in [0.15, 0.2) is 0 Å². The van der Waals surface area contributed by atoms with Crippen molar-refractivity contribution >= 4 is 32.7 Å². The van der Waals surface area contributed by atoms with Gasteiger partial charge in [-0.3, -0.25) is 0 Å². The highest BCUT2D eigenvalue weighted by Crippen LogP contribution is 2.63. The maximum atomic E-state index is 6.78. The fourth-order valence-electron chi connectivity index (χ4n) is 7.69. The summed E-state index contributed by atoms with van der Waals surface area (Å²) < 4.78 is 13.1. The van der Waals surface area contributed by atoms with Crippen molar-refractivity contribution in [3.8, 4) is 33.8 Å². The molecule has 200 valence electrons. The summed E-state index contributed by atoms with van der Waals surface area (Å²) in [6.45, 7) is 0. The van der Waals surface area contributed by atoms with Crippen molar-refractivity contribution in [2.45, 2.75) is 5.41 Å². The van der Waals surface area contributed by atoms with Gasteiger partial charge in [-0.1, -0.05) is 103 Å². The Balaban J connectivity index is 1.26. The van der Waals surface area contributed by atoms with E-state index in [4.69, 9.17) is 9.15 Å². The first kappa shape index (κ1) is 23.0. The molecule has 43 heavy (non-hydrogen) atoms. The van der Waals surface area contributed by atoms with Gasteiger partial charge in [0.2, 0.25) is 0 Å². The van der Waals surface area contributed by atoms with Crippen LogP contribution in [0.5, 0.6) is 11.5 Å². The minimum atomic E-state index is -0.443. The minimum Gasteiger partial charge on any atom is -0.457 e. The average Bonchev–Trinajstić information content (AvgIpc) is 3.58. The van der Waals surface area contributed by atoms with Crippen LogP contribution in [-0.4, -0.2) is 0 Å². The Morgan fingerprint density at radius 3 is 2.05 bits per heavy atom. The molecule has 2 heterocycles. The summed E-state index contributed by atoms with van der Waals surface area (Å²) in [6, 6.07) is 52.3. The van der Waals surface area contributed by atoms with Gasteiger partial charge in [-0.05, 0) is 86.6 Å². The monoisotopic (exact) mass is 548 g/mol. The molecule has 2 aliphatic rings.